The number of nitrogens with zero attached hydrogens (tertiary/aromatic N) is 1. The van der Waals surface area contributed by atoms with Crippen molar-refractivity contribution < 1.29 is 9.53 Å². The van der Waals surface area contributed by atoms with Crippen molar-refractivity contribution in [2.45, 2.75) is 38.0 Å². The van der Waals surface area contributed by atoms with Crippen molar-refractivity contribution in [1.29, 1.82) is 0 Å². The summed E-state index contributed by atoms with van der Waals surface area (Å²) in [5.74, 6) is 0.0131. The van der Waals surface area contributed by atoms with Crippen molar-refractivity contribution in [3.63, 3.8) is 0 Å². The van der Waals surface area contributed by atoms with Gasteiger partial charge in [-0.2, -0.15) is 0 Å². The van der Waals surface area contributed by atoms with Gasteiger partial charge in [-0.15, -0.1) is 11.3 Å². The van der Waals surface area contributed by atoms with Gasteiger partial charge in [0.05, 0.1) is 6.10 Å². The van der Waals surface area contributed by atoms with Crippen molar-refractivity contribution in [2.75, 3.05) is 26.2 Å². The van der Waals surface area contributed by atoms with Crippen LogP contribution < -0.4 is 11.1 Å². The van der Waals surface area contributed by atoms with E-state index in [1.54, 1.807) is 0 Å². The Bertz CT molecular complexity index is 491. The standard InChI is InChI=1S/C15H23N3O2S/c16-9-12-1-2-13(20-12)15(19)17-5-7-18-6-3-14-11(10-18)4-8-21-14/h4,8,12-13H,1-3,5-7,9-10,16H2,(H,17,19)/t12-,13+/m1/s1. The Labute approximate surface area is 129 Å². The number of hydrogen-bond donors (Lipinski definition) is 2. The van der Waals surface area contributed by atoms with Crippen LogP contribution in [0, 0.1) is 0 Å². The first-order valence-electron chi connectivity index (χ1n) is 7.67. The number of rotatable bonds is 5. The van der Waals surface area contributed by atoms with Crippen LogP contribution in [0.3, 0.4) is 0 Å². The molecule has 2 aliphatic rings. The first-order valence-corrected chi connectivity index (χ1v) is 8.55. The van der Waals surface area contributed by atoms with Gasteiger partial charge in [-0.1, -0.05) is 0 Å². The third-order valence-corrected chi connectivity index (χ3v) is 5.30. The maximum absolute atomic E-state index is 12.0. The zero-order valence-electron chi connectivity index (χ0n) is 12.2. The van der Waals surface area contributed by atoms with Crippen LogP contribution in [0.2, 0.25) is 0 Å². The van der Waals surface area contributed by atoms with E-state index in [9.17, 15) is 4.79 Å². The average molecular weight is 309 g/mol. The number of ether oxygens (including phenoxy) is 1. The van der Waals surface area contributed by atoms with Crippen LogP contribution in [0.4, 0.5) is 0 Å². The number of thiophene rings is 1. The fourth-order valence-corrected chi connectivity index (χ4v) is 3.91. The van der Waals surface area contributed by atoms with Crippen LogP contribution in [-0.4, -0.2) is 49.2 Å². The fraction of sp³-hybridized carbons (Fsp3) is 0.667. The summed E-state index contributed by atoms with van der Waals surface area (Å²) in [6.07, 6.45) is 2.56. The molecular formula is C15H23N3O2S. The highest BCUT2D eigenvalue weighted by atomic mass is 32.1. The van der Waals surface area contributed by atoms with Gasteiger partial charge < -0.3 is 15.8 Å². The van der Waals surface area contributed by atoms with Gasteiger partial charge in [0, 0.05) is 37.6 Å². The molecule has 3 heterocycles. The second-order valence-electron chi connectivity index (χ2n) is 5.75. The Morgan fingerprint density at radius 2 is 2.43 bits per heavy atom. The Morgan fingerprint density at radius 3 is 3.24 bits per heavy atom. The Balaban J connectivity index is 1.38. The van der Waals surface area contributed by atoms with E-state index in [-0.39, 0.29) is 18.1 Å². The summed E-state index contributed by atoms with van der Waals surface area (Å²) in [4.78, 5) is 15.9. The monoisotopic (exact) mass is 309 g/mol. The summed E-state index contributed by atoms with van der Waals surface area (Å²) in [6.45, 7) is 4.17. The van der Waals surface area contributed by atoms with Crippen LogP contribution in [-0.2, 0) is 22.5 Å². The number of carbonyl (C=O) groups excluding carboxylic acids is 1. The minimum absolute atomic E-state index is 0.0131. The van der Waals surface area contributed by atoms with Gasteiger partial charge in [0.1, 0.15) is 6.10 Å². The second kappa shape index (κ2) is 6.87. The predicted octanol–water partition coefficient (Wildman–Crippen LogP) is 0.729. The van der Waals surface area contributed by atoms with Crippen molar-refractivity contribution in [1.82, 2.24) is 10.2 Å². The molecule has 0 saturated carbocycles. The summed E-state index contributed by atoms with van der Waals surface area (Å²) in [6, 6.07) is 2.21. The number of amides is 1. The van der Waals surface area contributed by atoms with Gasteiger partial charge in [0.15, 0.2) is 0 Å². The summed E-state index contributed by atoms with van der Waals surface area (Å²) in [7, 11) is 0. The highest BCUT2D eigenvalue weighted by Gasteiger charge is 2.29. The molecule has 1 aromatic heterocycles. The third-order valence-electron chi connectivity index (χ3n) is 4.28. The topological polar surface area (TPSA) is 67.6 Å². The second-order valence-corrected chi connectivity index (χ2v) is 6.75. The van der Waals surface area contributed by atoms with E-state index in [2.05, 4.69) is 21.7 Å². The first kappa shape index (κ1) is 15.0. The molecule has 0 aliphatic carbocycles. The highest BCUT2D eigenvalue weighted by molar-refractivity contribution is 7.10. The van der Waals surface area contributed by atoms with Crippen molar-refractivity contribution in [2.24, 2.45) is 5.73 Å². The number of nitrogens with two attached hydrogens (primary N) is 1. The van der Waals surface area contributed by atoms with Gasteiger partial charge >= 0.3 is 0 Å². The highest BCUT2D eigenvalue weighted by Crippen LogP contribution is 2.23. The molecule has 0 radical (unpaired) electrons. The van der Waals surface area contributed by atoms with Crippen LogP contribution in [0.15, 0.2) is 11.4 Å². The third kappa shape index (κ3) is 3.63. The summed E-state index contributed by atoms with van der Waals surface area (Å²) >= 11 is 1.85. The molecule has 116 valence electrons. The fourth-order valence-electron chi connectivity index (χ4n) is 3.02. The molecular weight excluding hydrogens is 286 g/mol. The molecule has 0 bridgehead atoms. The molecule has 5 nitrogen and oxygen atoms in total. The molecule has 1 saturated heterocycles. The van der Waals surface area contributed by atoms with Crippen LogP contribution in [0.25, 0.3) is 0 Å². The van der Waals surface area contributed by atoms with Crippen molar-refractivity contribution >= 4 is 17.2 Å². The molecule has 1 amide bonds. The summed E-state index contributed by atoms with van der Waals surface area (Å²) < 4.78 is 5.60. The van der Waals surface area contributed by atoms with E-state index in [4.69, 9.17) is 10.5 Å². The van der Waals surface area contributed by atoms with Gasteiger partial charge in [-0.25, -0.2) is 0 Å². The van der Waals surface area contributed by atoms with Crippen LogP contribution in [0.5, 0.6) is 0 Å². The van der Waals surface area contributed by atoms with Crippen molar-refractivity contribution in [3.8, 4) is 0 Å². The first-order chi connectivity index (χ1) is 10.3. The van der Waals surface area contributed by atoms with Gasteiger partial charge in [0.25, 0.3) is 0 Å². The maximum Gasteiger partial charge on any atom is 0.249 e. The lowest BCUT2D eigenvalue weighted by atomic mass is 10.1. The van der Waals surface area contributed by atoms with Gasteiger partial charge in [-0.05, 0) is 36.3 Å². The molecule has 0 unspecified atom stereocenters. The normalized spacial score (nSPS) is 25.8. The van der Waals surface area contributed by atoms with E-state index >= 15 is 0 Å². The predicted molar refractivity (Wildman–Crippen MR) is 83.3 cm³/mol. The molecule has 21 heavy (non-hydrogen) atoms. The number of fused-ring (bicyclic) bond motifs is 1. The number of nitrogens with one attached hydrogen (secondary N) is 1. The molecule has 1 aromatic rings. The average Bonchev–Trinajstić information content (AvgIpc) is 3.15. The largest absolute Gasteiger partial charge is 0.364 e. The van der Waals surface area contributed by atoms with E-state index in [1.165, 1.54) is 10.4 Å². The quantitative estimate of drug-likeness (QED) is 0.841. The van der Waals surface area contributed by atoms with E-state index in [0.717, 1.165) is 38.9 Å². The Hall–Kier alpha value is -0.950. The summed E-state index contributed by atoms with van der Waals surface area (Å²) in [5, 5.41) is 5.16. The number of hydrogen-bond acceptors (Lipinski definition) is 5. The maximum atomic E-state index is 12.0. The van der Waals surface area contributed by atoms with E-state index < -0.39 is 0 Å². The molecule has 6 heteroatoms. The zero-order chi connectivity index (χ0) is 14.7. The minimum atomic E-state index is -0.302. The molecule has 1 fully saturated rings. The van der Waals surface area contributed by atoms with E-state index in [1.807, 2.05) is 11.3 Å². The Kier molecular flexibility index (Phi) is 4.90. The lowest BCUT2D eigenvalue weighted by Gasteiger charge is -2.26. The van der Waals surface area contributed by atoms with Crippen LogP contribution >= 0.6 is 11.3 Å². The van der Waals surface area contributed by atoms with Gasteiger partial charge in [0.2, 0.25) is 5.91 Å². The molecule has 0 spiro atoms. The molecule has 2 aliphatic heterocycles. The zero-order valence-corrected chi connectivity index (χ0v) is 13.0. The van der Waals surface area contributed by atoms with Gasteiger partial charge in [-0.3, -0.25) is 9.69 Å². The lowest BCUT2D eigenvalue weighted by Crippen LogP contribution is -2.41. The lowest BCUT2D eigenvalue weighted by molar-refractivity contribution is -0.131. The van der Waals surface area contributed by atoms with Crippen LogP contribution in [0.1, 0.15) is 23.3 Å². The minimum Gasteiger partial charge on any atom is -0.364 e. The molecule has 3 rings (SSSR count). The Morgan fingerprint density at radius 1 is 1.52 bits per heavy atom. The van der Waals surface area contributed by atoms with E-state index in [0.29, 0.717) is 13.1 Å². The smallest absolute Gasteiger partial charge is 0.249 e. The molecule has 0 aromatic carbocycles. The molecule has 2 atom stereocenters. The molecule has 3 N–H and O–H groups in total. The number of carbonyl (C=O) groups is 1. The van der Waals surface area contributed by atoms with Crippen molar-refractivity contribution in [3.05, 3.63) is 21.9 Å². The SMILES string of the molecule is NC[C@H]1CC[C@@H](C(=O)NCCN2CCc3sccc3C2)O1. The summed E-state index contributed by atoms with van der Waals surface area (Å²) in [5.41, 5.74) is 7.01.